The summed E-state index contributed by atoms with van der Waals surface area (Å²) in [5, 5.41) is 29.2. The first kappa shape index (κ1) is 16.3. The molecule has 0 bridgehead atoms. The Morgan fingerprint density at radius 1 is 1.25 bits per heavy atom. The lowest BCUT2D eigenvalue weighted by atomic mass is 10.0. The van der Waals surface area contributed by atoms with E-state index >= 15 is 0 Å². The molecule has 4 N–H and O–H groups in total. The summed E-state index contributed by atoms with van der Waals surface area (Å²) in [5.74, 6) is 0.327. The number of rotatable bonds is 3. The zero-order chi connectivity index (χ0) is 17.4. The minimum Gasteiger partial charge on any atom is -0.508 e. The van der Waals surface area contributed by atoms with E-state index in [0.29, 0.717) is 36.5 Å². The van der Waals surface area contributed by atoms with E-state index in [1.807, 2.05) is 18.7 Å². The summed E-state index contributed by atoms with van der Waals surface area (Å²) in [5.41, 5.74) is 1.65. The first-order valence-corrected chi connectivity index (χ1v) is 7.93. The minimum absolute atomic E-state index is 0.132. The maximum absolute atomic E-state index is 12.3. The molecule has 1 aliphatic heterocycles. The van der Waals surface area contributed by atoms with Gasteiger partial charge in [0.15, 0.2) is 0 Å². The van der Waals surface area contributed by atoms with Crippen molar-refractivity contribution < 1.29 is 15.3 Å². The number of benzene rings is 1. The molecule has 1 aliphatic rings. The molecule has 0 fully saturated rings. The lowest BCUT2D eigenvalue weighted by molar-refractivity contribution is 0.234. The van der Waals surface area contributed by atoms with Crippen molar-refractivity contribution in [2.75, 3.05) is 6.54 Å². The topological polar surface area (TPSA) is 110 Å². The van der Waals surface area contributed by atoms with E-state index < -0.39 is 0 Å². The molecular formula is C17H21N3O4. The van der Waals surface area contributed by atoms with Gasteiger partial charge in [0.25, 0.3) is 5.56 Å². The normalized spacial score (nSPS) is 14.8. The third-order valence-corrected chi connectivity index (χ3v) is 4.28. The van der Waals surface area contributed by atoms with Gasteiger partial charge in [-0.2, -0.15) is 0 Å². The molecule has 1 aromatic heterocycles. The number of phenolic OH excluding ortho intramolecular Hbond substituents is 3. The van der Waals surface area contributed by atoms with E-state index in [0.717, 1.165) is 5.69 Å². The molecule has 0 radical (unpaired) electrons. The van der Waals surface area contributed by atoms with Crippen molar-refractivity contribution in [2.24, 2.45) is 0 Å². The van der Waals surface area contributed by atoms with Gasteiger partial charge < -0.3 is 20.3 Å². The molecule has 2 heterocycles. The maximum Gasteiger partial charge on any atom is 0.255 e. The van der Waals surface area contributed by atoms with E-state index in [2.05, 4.69) is 9.97 Å². The monoisotopic (exact) mass is 331 g/mol. The van der Waals surface area contributed by atoms with Gasteiger partial charge in [-0.3, -0.25) is 9.69 Å². The third kappa shape index (κ3) is 3.07. The zero-order valence-corrected chi connectivity index (χ0v) is 13.7. The maximum atomic E-state index is 12.3. The van der Waals surface area contributed by atoms with E-state index in [1.54, 1.807) is 0 Å². The quantitative estimate of drug-likeness (QED) is 0.680. The van der Waals surface area contributed by atoms with Gasteiger partial charge in [-0.15, -0.1) is 0 Å². The van der Waals surface area contributed by atoms with Gasteiger partial charge in [-0.05, 0) is 0 Å². The Morgan fingerprint density at radius 2 is 1.92 bits per heavy atom. The molecule has 24 heavy (non-hydrogen) atoms. The summed E-state index contributed by atoms with van der Waals surface area (Å²) in [4.78, 5) is 21.6. The summed E-state index contributed by atoms with van der Waals surface area (Å²) >= 11 is 0. The molecular weight excluding hydrogens is 310 g/mol. The highest BCUT2D eigenvalue weighted by molar-refractivity contribution is 5.48. The van der Waals surface area contributed by atoms with Gasteiger partial charge in [0, 0.05) is 49.7 Å². The van der Waals surface area contributed by atoms with Crippen LogP contribution in [-0.2, 0) is 19.5 Å². The highest BCUT2D eigenvalue weighted by Crippen LogP contribution is 2.33. The number of hydrogen-bond acceptors (Lipinski definition) is 6. The molecule has 0 amide bonds. The zero-order valence-electron chi connectivity index (χ0n) is 13.7. The number of fused-ring (bicyclic) bond motifs is 1. The minimum atomic E-state index is -0.195. The number of nitrogens with one attached hydrogen (secondary N) is 1. The Balaban J connectivity index is 1.85. The molecule has 7 nitrogen and oxygen atoms in total. The number of aromatic nitrogens is 2. The van der Waals surface area contributed by atoms with Crippen LogP contribution in [0.1, 0.15) is 42.4 Å². The number of nitrogens with zero attached hydrogens (tertiary/aromatic N) is 2. The highest BCUT2D eigenvalue weighted by atomic mass is 16.3. The Kier molecular flexibility index (Phi) is 4.19. The predicted octanol–water partition coefficient (Wildman–Crippen LogP) is 1.57. The van der Waals surface area contributed by atoms with Gasteiger partial charge in [-0.1, -0.05) is 13.8 Å². The SMILES string of the molecule is CC(C)c1nc2c(c(=O)[nH]1)CN(Cc1c(O)cc(O)cc1O)CC2. The fourth-order valence-electron chi connectivity index (χ4n) is 2.92. The number of aromatic amines is 1. The van der Waals surface area contributed by atoms with E-state index in [4.69, 9.17) is 0 Å². The first-order valence-electron chi connectivity index (χ1n) is 7.93. The number of aromatic hydroxyl groups is 3. The second kappa shape index (κ2) is 6.16. The average molecular weight is 331 g/mol. The van der Waals surface area contributed by atoms with Crippen molar-refractivity contribution in [2.45, 2.75) is 39.3 Å². The van der Waals surface area contributed by atoms with Crippen molar-refractivity contribution in [3.8, 4) is 17.2 Å². The van der Waals surface area contributed by atoms with Crippen molar-refractivity contribution in [1.82, 2.24) is 14.9 Å². The van der Waals surface area contributed by atoms with Crippen LogP contribution in [0.15, 0.2) is 16.9 Å². The molecule has 3 rings (SSSR count). The fourth-order valence-corrected chi connectivity index (χ4v) is 2.92. The molecule has 0 saturated heterocycles. The molecule has 7 heteroatoms. The van der Waals surface area contributed by atoms with Crippen LogP contribution in [0.3, 0.4) is 0 Å². The van der Waals surface area contributed by atoms with Crippen LogP contribution in [0.25, 0.3) is 0 Å². The second-order valence-electron chi connectivity index (χ2n) is 6.45. The molecule has 0 unspecified atom stereocenters. The van der Waals surface area contributed by atoms with Crippen molar-refractivity contribution in [3.05, 3.63) is 45.1 Å². The van der Waals surface area contributed by atoms with Crippen LogP contribution in [-0.4, -0.2) is 36.7 Å². The summed E-state index contributed by atoms with van der Waals surface area (Å²) in [6.07, 6.45) is 0.637. The summed E-state index contributed by atoms with van der Waals surface area (Å²) in [7, 11) is 0. The lowest BCUT2D eigenvalue weighted by Crippen LogP contribution is -2.36. The van der Waals surface area contributed by atoms with Crippen LogP contribution < -0.4 is 5.56 Å². The van der Waals surface area contributed by atoms with Crippen LogP contribution >= 0.6 is 0 Å². The second-order valence-corrected chi connectivity index (χ2v) is 6.45. The number of hydrogen-bond donors (Lipinski definition) is 4. The molecule has 0 atom stereocenters. The van der Waals surface area contributed by atoms with Crippen LogP contribution in [0, 0.1) is 0 Å². The van der Waals surface area contributed by atoms with Gasteiger partial charge in [-0.25, -0.2) is 4.98 Å². The van der Waals surface area contributed by atoms with E-state index in [1.165, 1.54) is 12.1 Å². The molecule has 0 aliphatic carbocycles. The average Bonchev–Trinajstić information content (AvgIpc) is 2.51. The van der Waals surface area contributed by atoms with Gasteiger partial charge in [0.1, 0.15) is 23.1 Å². The fraction of sp³-hybridized carbons (Fsp3) is 0.412. The van der Waals surface area contributed by atoms with Crippen LogP contribution in [0.4, 0.5) is 0 Å². The van der Waals surface area contributed by atoms with E-state index in [-0.39, 0.29) is 35.3 Å². The first-order chi connectivity index (χ1) is 11.3. The van der Waals surface area contributed by atoms with Gasteiger partial charge in [0.2, 0.25) is 0 Å². The number of H-pyrrole nitrogens is 1. The number of phenols is 3. The van der Waals surface area contributed by atoms with Crippen LogP contribution in [0.2, 0.25) is 0 Å². The lowest BCUT2D eigenvalue weighted by Gasteiger charge is -2.28. The molecule has 128 valence electrons. The van der Waals surface area contributed by atoms with Crippen LogP contribution in [0.5, 0.6) is 17.2 Å². The molecule has 2 aromatic rings. The predicted molar refractivity (Wildman–Crippen MR) is 88.2 cm³/mol. The summed E-state index contributed by atoms with van der Waals surface area (Å²) < 4.78 is 0. The van der Waals surface area contributed by atoms with Gasteiger partial charge in [0.05, 0.1) is 11.3 Å². The Labute approximate surface area is 139 Å². The van der Waals surface area contributed by atoms with Crippen molar-refractivity contribution in [1.29, 1.82) is 0 Å². The summed E-state index contributed by atoms with van der Waals surface area (Å²) in [6, 6.07) is 2.38. The Morgan fingerprint density at radius 3 is 2.54 bits per heavy atom. The van der Waals surface area contributed by atoms with Crippen molar-refractivity contribution >= 4 is 0 Å². The smallest absolute Gasteiger partial charge is 0.255 e. The molecule has 0 saturated carbocycles. The molecule has 1 aromatic carbocycles. The summed E-state index contributed by atoms with van der Waals surface area (Å²) in [6.45, 7) is 5.31. The van der Waals surface area contributed by atoms with Crippen molar-refractivity contribution in [3.63, 3.8) is 0 Å². The third-order valence-electron chi connectivity index (χ3n) is 4.28. The highest BCUT2D eigenvalue weighted by Gasteiger charge is 2.23. The van der Waals surface area contributed by atoms with Gasteiger partial charge >= 0.3 is 0 Å². The molecule has 0 spiro atoms. The standard InChI is InChI=1S/C17H21N3O4/c1-9(2)16-18-13-3-4-20(7-11(13)17(24)19-16)8-12-14(22)5-10(21)6-15(12)23/h5-6,9,21-23H,3-4,7-8H2,1-2H3,(H,18,19,24). The van der Waals surface area contributed by atoms with E-state index in [9.17, 15) is 20.1 Å². The largest absolute Gasteiger partial charge is 0.508 e. The Bertz CT molecular complexity index is 806. The Hall–Kier alpha value is -2.54.